The Labute approximate surface area is 115 Å². The van der Waals surface area contributed by atoms with E-state index in [-0.39, 0.29) is 0 Å². The number of nitrogens with zero attached hydrogens (tertiary/aromatic N) is 2. The number of benzene rings is 1. The normalized spacial score (nSPS) is 10.1. The number of hydrogen-bond donors (Lipinski definition) is 3. The summed E-state index contributed by atoms with van der Waals surface area (Å²) in [7, 11) is 1.60. The van der Waals surface area contributed by atoms with Gasteiger partial charge in [-0.3, -0.25) is 0 Å². The summed E-state index contributed by atoms with van der Waals surface area (Å²) in [5, 5.41) is 3.70. The van der Waals surface area contributed by atoms with E-state index >= 15 is 0 Å². The van der Waals surface area contributed by atoms with Gasteiger partial charge >= 0.3 is 0 Å². The zero-order valence-electron chi connectivity index (χ0n) is 10.6. The summed E-state index contributed by atoms with van der Waals surface area (Å²) < 4.78 is 5.16. The molecule has 0 radical (unpaired) electrons. The zero-order chi connectivity index (χ0) is 13.8. The van der Waals surface area contributed by atoms with Crippen LogP contribution in [0, 0.1) is 6.92 Å². The number of anilines is 3. The number of ether oxygens (including phenoxy) is 1. The summed E-state index contributed by atoms with van der Waals surface area (Å²) in [5.41, 5.74) is 4.00. The van der Waals surface area contributed by atoms with E-state index in [1.807, 2.05) is 6.92 Å². The number of halogens is 1. The van der Waals surface area contributed by atoms with Gasteiger partial charge in [0.2, 0.25) is 0 Å². The van der Waals surface area contributed by atoms with Crippen molar-refractivity contribution >= 4 is 28.9 Å². The molecule has 0 atom stereocenters. The van der Waals surface area contributed by atoms with Gasteiger partial charge in [0.15, 0.2) is 0 Å². The number of nitrogens with one attached hydrogen (secondary N) is 2. The lowest BCUT2D eigenvalue weighted by atomic mass is 10.2. The molecule has 0 aliphatic carbocycles. The monoisotopic (exact) mass is 279 g/mol. The topological polar surface area (TPSA) is 85.1 Å². The van der Waals surface area contributed by atoms with E-state index in [1.54, 1.807) is 25.3 Å². The van der Waals surface area contributed by atoms with Gasteiger partial charge in [0, 0.05) is 11.6 Å². The highest BCUT2D eigenvalue weighted by atomic mass is 35.5. The summed E-state index contributed by atoms with van der Waals surface area (Å²) in [6.45, 7) is 1.85. The molecule has 2 aromatic rings. The van der Waals surface area contributed by atoms with E-state index in [0.29, 0.717) is 28.1 Å². The number of hydrazine groups is 1. The molecule has 7 heteroatoms. The van der Waals surface area contributed by atoms with Gasteiger partial charge in [0.25, 0.3) is 0 Å². The van der Waals surface area contributed by atoms with Crippen molar-refractivity contribution in [2.75, 3.05) is 17.9 Å². The molecule has 1 aromatic carbocycles. The second-order valence-corrected chi connectivity index (χ2v) is 4.22. The van der Waals surface area contributed by atoms with Gasteiger partial charge in [-0.2, -0.15) is 0 Å². The van der Waals surface area contributed by atoms with Crippen LogP contribution in [0.2, 0.25) is 5.02 Å². The van der Waals surface area contributed by atoms with Crippen LogP contribution >= 0.6 is 11.6 Å². The lowest BCUT2D eigenvalue weighted by Gasteiger charge is -2.12. The van der Waals surface area contributed by atoms with Crippen LogP contribution in [0.15, 0.2) is 24.5 Å². The van der Waals surface area contributed by atoms with Crippen molar-refractivity contribution in [3.05, 3.63) is 35.1 Å². The van der Waals surface area contributed by atoms with Gasteiger partial charge in [-0.05, 0) is 19.1 Å². The molecule has 19 heavy (non-hydrogen) atoms. The number of aromatic nitrogens is 2. The van der Waals surface area contributed by atoms with E-state index in [1.165, 1.54) is 6.33 Å². The molecule has 2 rings (SSSR count). The molecule has 1 heterocycles. The third-order valence-corrected chi connectivity index (χ3v) is 2.98. The van der Waals surface area contributed by atoms with Crippen LogP contribution in [0.25, 0.3) is 0 Å². The summed E-state index contributed by atoms with van der Waals surface area (Å²) in [4.78, 5) is 8.17. The van der Waals surface area contributed by atoms with Crippen molar-refractivity contribution < 1.29 is 4.74 Å². The lowest BCUT2D eigenvalue weighted by molar-refractivity contribution is 0.415. The smallest absolute Gasteiger partial charge is 0.148 e. The first-order valence-electron chi connectivity index (χ1n) is 5.54. The summed E-state index contributed by atoms with van der Waals surface area (Å²) in [6, 6.07) is 5.33. The lowest BCUT2D eigenvalue weighted by Crippen LogP contribution is -2.11. The van der Waals surface area contributed by atoms with Gasteiger partial charge in [0.05, 0.1) is 17.8 Å². The third kappa shape index (κ3) is 2.86. The van der Waals surface area contributed by atoms with Gasteiger partial charge in [0.1, 0.15) is 23.7 Å². The molecule has 6 nitrogen and oxygen atoms in total. The second kappa shape index (κ2) is 5.73. The van der Waals surface area contributed by atoms with Crippen molar-refractivity contribution in [1.82, 2.24) is 9.97 Å². The highest BCUT2D eigenvalue weighted by Crippen LogP contribution is 2.30. The molecule has 0 spiro atoms. The molecule has 100 valence electrons. The molecule has 0 saturated heterocycles. The molecule has 0 saturated carbocycles. The standard InChI is InChI=1S/C12H14ClN5O/c1-7-11(15-6-16-12(7)18-14)17-10-5-8(19-2)3-4-9(10)13/h3-6H,14H2,1-2H3,(H2,15,16,17,18). The van der Waals surface area contributed by atoms with Crippen LogP contribution in [0.1, 0.15) is 5.56 Å². The second-order valence-electron chi connectivity index (χ2n) is 3.81. The fourth-order valence-electron chi connectivity index (χ4n) is 1.58. The number of nitrogens with two attached hydrogens (primary N) is 1. The van der Waals surface area contributed by atoms with E-state index in [0.717, 1.165) is 5.56 Å². The average Bonchev–Trinajstić information content (AvgIpc) is 2.43. The molecule has 1 aromatic heterocycles. The van der Waals surface area contributed by atoms with Crippen molar-refractivity contribution in [2.45, 2.75) is 6.92 Å². The first kappa shape index (κ1) is 13.4. The van der Waals surface area contributed by atoms with Crippen LogP contribution in [0.4, 0.5) is 17.3 Å². The Kier molecular flexibility index (Phi) is 4.03. The maximum atomic E-state index is 6.13. The zero-order valence-corrected chi connectivity index (χ0v) is 11.3. The van der Waals surface area contributed by atoms with E-state index in [4.69, 9.17) is 22.2 Å². The van der Waals surface area contributed by atoms with Gasteiger partial charge < -0.3 is 15.5 Å². The molecule has 4 N–H and O–H groups in total. The van der Waals surface area contributed by atoms with Crippen molar-refractivity contribution in [1.29, 1.82) is 0 Å². The average molecular weight is 280 g/mol. The Morgan fingerprint density at radius 3 is 2.68 bits per heavy atom. The molecule has 0 fully saturated rings. The van der Waals surface area contributed by atoms with E-state index in [2.05, 4.69) is 20.7 Å². The largest absolute Gasteiger partial charge is 0.497 e. The van der Waals surface area contributed by atoms with Gasteiger partial charge in [-0.25, -0.2) is 15.8 Å². The highest BCUT2D eigenvalue weighted by Gasteiger charge is 2.09. The molecular formula is C12H14ClN5O. The Balaban J connectivity index is 2.36. The molecule has 0 aliphatic heterocycles. The predicted molar refractivity (Wildman–Crippen MR) is 75.9 cm³/mol. The number of nitrogen functional groups attached to an aromatic ring is 1. The Bertz CT molecular complexity index is 590. The molecule has 0 aliphatic rings. The van der Waals surface area contributed by atoms with Crippen LogP contribution in [0.5, 0.6) is 5.75 Å². The predicted octanol–water partition coefficient (Wildman–Crippen LogP) is 2.48. The van der Waals surface area contributed by atoms with Crippen LogP contribution in [0.3, 0.4) is 0 Å². The van der Waals surface area contributed by atoms with Crippen molar-refractivity contribution in [3.63, 3.8) is 0 Å². The maximum Gasteiger partial charge on any atom is 0.148 e. The van der Waals surface area contributed by atoms with Gasteiger partial charge in [-0.1, -0.05) is 11.6 Å². The third-order valence-electron chi connectivity index (χ3n) is 2.65. The minimum Gasteiger partial charge on any atom is -0.497 e. The maximum absolute atomic E-state index is 6.13. The minimum absolute atomic E-state index is 0.552. The van der Waals surface area contributed by atoms with Crippen molar-refractivity contribution in [2.24, 2.45) is 5.84 Å². The van der Waals surface area contributed by atoms with E-state index in [9.17, 15) is 0 Å². The molecular weight excluding hydrogens is 266 g/mol. The summed E-state index contributed by atoms with van der Waals surface area (Å²) >= 11 is 6.13. The molecule has 0 bridgehead atoms. The minimum atomic E-state index is 0.552. The highest BCUT2D eigenvalue weighted by molar-refractivity contribution is 6.33. The Hall–Kier alpha value is -2.05. The first-order chi connectivity index (χ1) is 9.15. The molecule has 0 amide bonds. The molecule has 0 unspecified atom stereocenters. The van der Waals surface area contributed by atoms with Crippen molar-refractivity contribution in [3.8, 4) is 5.75 Å². The number of rotatable bonds is 4. The SMILES string of the molecule is COc1ccc(Cl)c(Nc2ncnc(NN)c2C)c1. The summed E-state index contributed by atoms with van der Waals surface area (Å²) in [5.74, 6) is 7.25. The van der Waals surface area contributed by atoms with Crippen LogP contribution in [-0.2, 0) is 0 Å². The Morgan fingerprint density at radius 2 is 2.00 bits per heavy atom. The quantitative estimate of drug-likeness (QED) is 0.589. The number of hydrogen-bond acceptors (Lipinski definition) is 6. The van der Waals surface area contributed by atoms with E-state index < -0.39 is 0 Å². The van der Waals surface area contributed by atoms with Gasteiger partial charge in [-0.15, -0.1) is 0 Å². The summed E-state index contributed by atoms with van der Waals surface area (Å²) in [6.07, 6.45) is 1.42. The first-order valence-corrected chi connectivity index (χ1v) is 5.92. The fraction of sp³-hybridized carbons (Fsp3) is 0.167. The fourth-order valence-corrected chi connectivity index (χ4v) is 1.74. The Morgan fingerprint density at radius 1 is 1.26 bits per heavy atom. The van der Waals surface area contributed by atoms with Crippen LogP contribution < -0.4 is 21.3 Å². The number of methoxy groups -OCH3 is 1. The van der Waals surface area contributed by atoms with Crippen LogP contribution in [-0.4, -0.2) is 17.1 Å².